The van der Waals surface area contributed by atoms with Crippen LogP contribution in [-0.4, -0.2) is 78.7 Å². The number of imidazole rings is 1. The Bertz CT molecular complexity index is 1020. The third kappa shape index (κ3) is 5.45. The summed E-state index contributed by atoms with van der Waals surface area (Å²) < 4.78 is 10.7. The number of carbonyl (C=O) groups is 3. The summed E-state index contributed by atoms with van der Waals surface area (Å²) in [6.07, 6.45) is 0.845. The first-order valence-corrected chi connectivity index (χ1v) is 11.7. The van der Waals surface area contributed by atoms with Gasteiger partial charge in [-0.05, 0) is 19.8 Å². The van der Waals surface area contributed by atoms with Crippen LogP contribution in [0.25, 0.3) is 0 Å². The summed E-state index contributed by atoms with van der Waals surface area (Å²) >= 11 is 7.14. The molecule has 1 aliphatic rings. The number of aromatic amines is 1. The molecular weight excluding hydrogens is 472 g/mol. The number of carbonyl (C=O) groups excluding carboxylic acids is 3. The number of methoxy groups -OCH3 is 1. The van der Waals surface area contributed by atoms with Crippen LogP contribution in [0.15, 0.2) is 0 Å². The number of nitrogens with zero attached hydrogens (tertiary/aromatic N) is 3. The van der Waals surface area contributed by atoms with Gasteiger partial charge in [-0.2, -0.15) is 0 Å². The number of anilines is 1. The Labute approximate surface area is 200 Å². The lowest BCUT2D eigenvalue weighted by Gasteiger charge is -2.37. The molecule has 2 aromatic rings. The molecule has 0 spiro atoms. The predicted octanol–water partition coefficient (Wildman–Crippen LogP) is 1.64. The van der Waals surface area contributed by atoms with Gasteiger partial charge >= 0.3 is 5.97 Å². The van der Waals surface area contributed by atoms with E-state index in [-0.39, 0.29) is 46.2 Å². The Morgan fingerprint density at radius 3 is 2.64 bits per heavy atom. The van der Waals surface area contributed by atoms with E-state index in [1.54, 1.807) is 14.0 Å². The van der Waals surface area contributed by atoms with Crippen molar-refractivity contribution in [3.05, 3.63) is 27.2 Å². The van der Waals surface area contributed by atoms with Crippen molar-refractivity contribution in [2.24, 2.45) is 0 Å². The fourth-order valence-electron chi connectivity index (χ4n) is 3.51. The maximum absolute atomic E-state index is 12.7. The Morgan fingerprint density at radius 2 is 2.03 bits per heavy atom. The monoisotopic (exact) mass is 498 g/mol. The molecule has 3 heterocycles. The van der Waals surface area contributed by atoms with Gasteiger partial charge in [0.05, 0.1) is 24.4 Å². The summed E-state index contributed by atoms with van der Waals surface area (Å²) in [5.41, 5.74) is 0.731. The van der Waals surface area contributed by atoms with E-state index in [1.807, 2.05) is 11.8 Å². The summed E-state index contributed by atoms with van der Waals surface area (Å²) in [4.78, 5) is 50.7. The van der Waals surface area contributed by atoms with Crippen LogP contribution in [-0.2, 0) is 15.9 Å². The predicted molar refractivity (Wildman–Crippen MR) is 123 cm³/mol. The SMILES string of the molecule is CCOC(=O)c1sc(N2CCC(NC(=O)c3nc(Cl)c(CC)[nH]3)C(OC)C2)nc1C(=O)NC. The zero-order valence-electron chi connectivity index (χ0n) is 18.9. The van der Waals surface area contributed by atoms with Gasteiger partial charge < -0.3 is 30.0 Å². The standard InChI is InChI=1S/C20H27ClN6O5S/c1-5-10-15(21)26-16(23-10)18(29)24-11-7-8-27(9-12(11)31-4)20-25-13(17(28)22-3)14(33-20)19(30)32-6-2/h11-12H,5-9H2,1-4H3,(H,22,28)(H,23,26)(H,24,29). The highest BCUT2D eigenvalue weighted by molar-refractivity contribution is 7.17. The van der Waals surface area contributed by atoms with Gasteiger partial charge in [-0.25, -0.2) is 14.8 Å². The number of nitrogens with one attached hydrogen (secondary N) is 3. The van der Waals surface area contributed by atoms with Gasteiger partial charge in [0, 0.05) is 27.2 Å². The van der Waals surface area contributed by atoms with Crippen molar-refractivity contribution in [3.63, 3.8) is 0 Å². The zero-order valence-corrected chi connectivity index (χ0v) is 20.4. The van der Waals surface area contributed by atoms with Gasteiger partial charge in [-0.3, -0.25) is 9.59 Å². The maximum atomic E-state index is 12.7. The summed E-state index contributed by atoms with van der Waals surface area (Å²) in [6.45, 7) is 4.74. The topological polar surface area (TPSA) is 139 Å². The third-order valence-electron chi connectivity index (χ3n) is 5.26. The van der Waals surface area contributed by atoms with Crippen molar-refractivity contribution in [2.75, 3.05) is 38.8 Å². The van der Waals surface area contributed by atoms with Crippen LogP contribution in [0.1, 0.15) is 56.7 Å². The second-order valence-electron chi connectivity index (χ2n) is 7.27. The van der Waals surface area contributed by atoms with E-state index in [0.29, 0.717) is 36.8 Å². The molecule has 0 saturated carbocycles. The van der Waals surface area contributed by atoms with Gasteiger partial charge in [0.25, 0.3) is 11.8 Å². The summed E-state index contributed by atoms with van der Waals surface area (Å²) in [7, 11) is 3.04. The van der Waals surface area contributed by atoms with Crippen LogP contribution in [0.2, 0.25) is 5.15 Å². The molecule has 0 radical (unpaired) electrons. The molecule has 0 bridgehead atoms. The fourth-order valence-corrected chi connectivity index (χ4v) is 4.77. The molecule has 2 unspecified atom stereocenters. The third-order valence-corrected chi connectivity index (χ3v) is 6.67. The molecule has 2 atom stereocenters. The molecule has 33 heavy (non-hydrogen) atoms. The summed E-state index contributed by atoms with van der Waals surface area (Å²) in [6, 6.07) is -0.268. The first-order chi connectivity index (χ1) is 15.8. The van der Waals surface area contributed by atoms with Crippen molar-refractivity contribution in [1.29, 1.82) is 0 Å². The number of hydrogen-bond acceptors (Lipinski definition) is 9. The number of rotatable bonds is 8. The second kappa shape index (κ2) is 10.9. The number of H-pyrrole nitrogens is 1. The molecule has 2 amide bonds. The van der Waals surface area contributed by atoms with Crippen molar-refractivity contribution in [2.45, 2.75) is 38.8 Å². The molecule has 11 nitrogen and oxygen atoms in total. The average Bonchev–Trinajstić information content (AvgIpc) is 3.43. The number of aryl methyl sites for hydroxylation is 1. The number of aromatic nitrogens is 3. The lowest BCUT2D eigenvalue weighted by atomic mass is 10.0. The van der Waals surface area contributed by atoms with E-state index in [9.17, 15) is 14.4 Å². The van der Waals surface area contributed by atoms with Crippen molar-refractivity contribution < 1.29 is 23.9 Å². The van der Waals surface area contributed by atoms with E-state index in [0.717, 1.165) is 11.3 Å². The second-order valence-corrected chi connectivity index (χ2v) is 8.61. The van der Waals surface area contributed by atoms with Crippen molar-refractivity contribution in [1.82, 2.24) is 25.6 Å². The van der Waals surface area contributed by atoms with Crippen LogP contribution in [0.4, 0.5) is 5.13 Å². The van der Waals surface area contributed by atoms with Crippen LogP contribution in [0.3, 0.4) is 0 Å². The highest BCUT2D eigenvalue weighted by Crippen LogP contribution is 2.30. The maximum Gasteiger partial charge on any atom is 0.350 e. The molecule has 0 aromatic carbocycles. The molecular formula is C20H27ClN6O5S. The van der Waals surface area contributed by atoms with E-state index in [1.165, 1.54) is 7.05 Å². The number of thiazole rings is 1. The summed E-state index contributed by atoms with van der Waals surface area (Å²) in [5, 5.41) is 6.25. The number of halogens is 1. The minimum Gasteiger partial charge on any atom is -0.462 e. The average molecular weight is 499 g/mol. The largest absolute Gasteiger partial charge is 0.462 e. The highest BCUT2D eigenvalue weighted by Gasteiger charge is 2.34. The highest BCUT2D eigenvalue weighted by atomic mass is 35.5. The van der Waals surface area contributed by atoms with Crippen LogP contribution < -0.4 is 15.5 Å². The first kappa shape index (κ1) is 24.9. The lowest BCUT2D eigenvalue weighted by molar-refractivity contribution is 0.0527. The van der Waals surface area contributed by atoms with Crippen LogP contribution >= 0.6 is 22.9 Å². The molecule has 2 aromatic heterocycles. The molecule has 3 N–H and O–H groups in total. The quantitative estimate of drug-likeness (QED) is 0.467. The molecule has 180 valence electrons. The smallest absolute Gasteiger partial charge is 0.350 e. The summed E-state index contributed by atoms with van der Waals surface area (Å²) in [5.74, 6) is -1.26. The number of amides is 2. The molecule has 3 rings (SSSR count). The molecule has 1 saturated heterocycles. The zero-order chi connectivity index (χ0) is 24.1. The Hall–Kier alpha value is -2.70. The number of hydrogen-bond donors (Lipinski definition) is 3. The molecule has 1 aliphatic heterocycles. The van der Waals surface area contributed by atoms with Gasteiger partial charge in [0.2, 0.25) is 0 Å². The van der Waals surface area contributed by atoms with Crippen molar-refractivity contribution in [3.8, 4) is 0 Å². The fraction of sp³-hybridized carbons (Fsp3) is 0.550. The number of ether oxygens (including phenoxy) is 2. The normalized spacial score (nSPS) is 18.2. The number of esters is 1. The van der Waals surface area contributed by atoms with Gasteiger partial charge in [0.1, 0.15) is 4.88 Å². The molecule has 13 heteroatoms. The number of piperidine rings is 1. The Kier molecular flexibility index (Phi) is 8.27. The van der Waals surface area contributed by atoms with Crippen molar-refractivity contribution >= 4 is 45.9 Å². The first-order valence-electron chi connectivity index (χ1n) is 10.6. The van der Waals surface area contributed by atoms with Crippen LogP contribution in [0, 0.1) is 0 Å². The van der Waals surface area contributed by atoms with E-state index in [4.69, 9.17) is 21.1 Å². The van der Waals surface area contributed by atoms with E-state index >= 15 is 0 Å². The van der Waals surface area contributed by atoms with Gasteiger partial charge in [0.15, 0.2) is 21.8 Å². The minimum atomic E-state index is -0.589. The van der Waals surface area contributed by atoms with Crippen LogP contribution in [0.5, 0.6) is 0 Å². The minimum absolute atomic E-state index is 0.0294. The lowest BCUT2D eigenvalue weighted by Crippen LogP contribution is -2.55. The van der Waals surface area contributed by atoms with Gasteiger partial charge in [-0.1, -0.05) is 29.9 Å². The van der Waals surface area contributed by atoms with Gasteiger partial charge in [-0.15, -0.1) is 0 Å². The Balaban J connectivity index is 1.74. The molecule has 1 fully saturated rings. The molecule has 0 aliphatic carbocycles. The Morgan fingerprint density at radius 1 is 1.27 bits per heavy atom. The van der Waals surface area contributed by atoms with E-state index < -0.39 is 11.9 Å². The van der Waals surface area contributed by atoms with E-state index in [2.05, 4.69) is 25.6 Å².